The minimum atomic E-state index is -0.0112. The highest BCUT2D eigenvalue weighted by Gasteiger charge is 2.10. The van der Waals surface area contributed by atoms with Gasteiger partial charge in [-0.3, -0.25) is 4.79 Å². The quantitative estimate of drug-likeness (QED) is 0.821. The zero-order valence-corrected chi connectivity index (χ0v) is 10.7. The second-order valence-corrected chi connectivity index (χ2v) is 5.16. The second kappa shape index (κ2) is 6.08. The second-order valence-electron chi connectivity index (χ2n) is 3.10. The summed E-state index contributed by atoms with van der Waals surface area (Å²) in [4.78, 5) is 12.8. The van der Waals surface area contributed by atoms with E-state index in [2.05, 4.69) is 5.32 Å². The van der Waals surface area contributed by atoms with Gasteiger partial charge < -0.3 is 5.32 Å². The highest BCUT2D eigenvalue weighted by Crippen LogP contribution is 2.19. The number of nitrogens with one attached hydrogen (secondary N) is 1. The van der Waals surface area contributed by atoms with E-state index in [-0.39, 0.29) is 11.2 Å². The Morgan fingerprint density at radius 1 is 1.40 bits per heavy atom. The standard InChI is InChI=1S/C11H15NOS2/c1-8(14-2)11(13)12-9-5-4-6-10(7-9)15-3/h4-8H,1-3H3,(H,12,13)/t8-/m1/s1. The molecular formula is C11H15NOS2. The third-order valence-corrected chi connectivity index (χ3v) is 3.71. The Labute approximate surface area is 99.2 Å². The largest absolute Gasteiger partial charge is 0.325 e. The van der Waals surface area contributed by atoms with Crippen LogP contribution in [0.1, 0.15) is 6.92 Å². The van der Waals surface area contributed by atoms with Crippen molar-refractivity contribution in [3.63, 3.8) is 0 Å². The van der Waals surface area contributed by atoms with Gasteiger partial charge in [-0.2, -0.15) is 11.8 Å². The van der Waals surface area contributed by atoms with Crippen LogP contribution in [-0.4, -0.2) is 23.7 Å². The van der Waals surface area contributed by atoms with Gasteiger partial charge in [-0.1, -0.05) is 6.07 Å². The molecule has 0 aliphatic rings. The first kappa shape index (κ1) is 12.5. The molecule has 0 aliphatic carbocycles. The highest BCUT2D eigenvalue weighted by atomic mass is 32.2. The van der Waals surface area contributed by atoms with Crippen LogP contribution in [0.2, 0.25) is 0 Å². The molecule has 0 saturated heterocycles. The van der Waals surface area contributed by atoms with E-state index in [1.165, 1.54) is 0 Å². The Morgan fingerprint density at radius 2 is 2.13 bits per heavy atom. The van der Waals surface area contributed by atoms with Gasteiger partial charge in [0.25, 0.3) is 0 Å². The Bertz CT molecular complexity index is 341. The number of carbonyl (C=O) groups excluding carboxylic acids is 1. The fraction of sp³-hybridized carbons (Fsp3) is 0.364. The third kappa shape index (κ3) is 3.80. The maximum Gasteiger partial charge on any atom is 0.237 e. The van der Waals surface area contributed by atoms with Crippen LogP contribution in [0.15, 0.2) is 29.2 Å². The molecule has 1 amide bonds. The smallest absolute Gasteiger partial charge is 0.237 e. The summed E-state index contributed by atoms with van der Waals surface area (Å²) in [5, 5.41) is 2.88. The van der Waals surface area contributed by atoms with Crippen LogP contribution in [0.25, 0.3) is 0 Å². The van der Waals surface area contributed by atoms with Crippen LogP contribution < -0.4 is 5.32 Å². The fourth-order valence-corrected chi connectivity index (χ4v) is 1.78. The first-order valence-electron chi connectivity index (χ1n) is 4.65. The molecule has 0 heterocycles. The number of rotatable bonds is 4. The zero-order valence-electron chi connectivity index (χ0n) is 9.11. The van der Waals surface area contributed by atoms with Crippen LogP contribution in [0, 0.1) is 0 Å². The molecule has 1 N–H and O–H groups in total. The molecule has 0 bridgehead atoms. The van der Waals surface area contributed by atoms with Crippen molar-refractivity contribution >= 4 is 35.1 Å². The van der Waals surface area contributed by atoms with Crippen LogP contribution >= 0.6 is 23.5 Å². The molecule has 1 aromatic carbocycles. The van der Waals surface area contributed by atoms with Crippen molar-refractivity contribution in [2.45, 2.75) is 17.1 Å². The molecule has 1 aromatic rings. The Balaban J connectivity index is 2.68. The molecule has 0 aromatic heterocycles. The topological polar surface area (TPSA) is 29.1 Å². The van der Waals surface area contributed by atoms with Crippen LogP contribution in [0.3, 0.4) is 0 Å². The number of anilines is 1. The molecule has 82 valence electrons. The summed E-state index contributed by atoms with van der Waals surface area (Å²) >= 11 is 3.21. The molecule has 4 heteroatoms. The summed E-state index contributed by atoms with van der Waals surface area (Å²) in [5.41, 5.74) is 0.868. The van der Waals surface area contributed by atoms with Crippen molar-refractivity contribution in [2.75, 3.05) is 17.8 Å². The minimum Gasteiger partial charge on any atom is -0.325 e. The molecule has 0 radical (unpaired) electrons. The van der Waals surface area contributed by atoms with Crippen molar-refractivity contribution in [1.82, 2.24) is 0 Å². The summed E-state index contributed by atoms with van der Waals surface area (Å²) in [6.07, 6.45) is 3.95. The average Bonchev–Trinajstić information content (AvgIpc) is 2.28. The molecular weight excluding hydrogens is 226 g/mol. The van der Waals surface area contributed by atoms with Gasteiger partial charge in [0, 0.05) is 10.6 Å². The molecule has 0 unspecified atom stereocenters. The van der Waals surface area contributed by atoms with E-state index >= 15 is 0 Å². The summed E-state index contributed by atoms with van der Waals surface area (Å²) in [7, 11) is 0. The first-order chi connectivity index (χ1) is 7.17. The number of benzene rings is 1. The minimum absolute atomic E-state index is 0.0112. The number of thioether (sulfide) groups is 2. The normalized spacial score (nSPS) is 12.2. The molecule has 2 nitrogen and oxygen atoms in total. The number of hydrogen-bond acceptors (Lipinski definition) is 3. The van der Waals surface area contributed by atoms with E-state index in [0.717, 1.165) is 10.6 Å². The van der Waals surface area contributed by atoms with Crippen LogP contribution in [0.4, 0.5) is 5.69 Å². The van der Waals surface area contributed by atoms with Gasteiger partial charge >= 0.3 is 0 Å². The molecule has 0 saturated carbocycles. The molecule has 0 aliphatic heterocycles. The summed E-state index contributed by atoms with van der Waals surface area (Å²) in [6, 6.07) is 7.86. The van der Waals surface area contributed by atoms with E-state index < -0.39 is 0 Å². The van der Waals surface area contributed by atoms with Gasteiger partial charge in [-0.05, 0) is 37.6 Å². The lowest BCUT2D eigenvalue weighted by Crippen LogP contribution is -2.21. The fourth-order valence-electron chi connectivity index (χ4n) is 1.05. The van der Waals surface area contributed by atoms with Crippen molar-refractivity contribution in [3.8, 4) is 0 Å². The van der Waals surface area contributed by atoms with Gasteiger partial charge in [0.1, 0.15) is 0 Å². The van der Waals surface area contributed by atoms with Crippen LogP contribution in [0.5, 0.6) is 0 Å². The predicted molar refractivity (Wildman–Crippen MR) is 69.8 cm³/mol. The molecule has 0 spiro atoms. The summed E-state index contributed by atoms with van der Waals surface area (Å²) in [6.45, 7) is 1.90. The maximum absolute atomic E-state index is 11.6. The van der Waals surface area contributed by atoms with Gasteiger partial charge in [-0.15, -0.1) is 11.8 Å². The Hall–Kier alpha value is -0.610. The third-order valence-electron chi connectivity index (χ3n) is 2.06. The SMILES string of the molecule is CSc1cccc(NC(=O)[C@@H](C)SC)c1. The van der Waals surface area contributed by atoms with Crippen molar-refractivity contribution in [3.05, 3.63) is 24.3 Å². The van der Waals surface area contributed by atoms with Gasteiger partial charge in [-0.25, -0.2) is 0 Å². The lowest BCUT2D eigenvalue weighted by Gasteiger charge is -2.10. The lowest BCUT2D eigenvalue weighted by molar-refractivity contribution is -0.115. The van der Waals surface area contributed by atoms with E-state index in [9.17, 15) is 4.79 Å². The first-order valence-corrected chi connectivity index (χ1v) is 7.16. The highest BCUT2D eigenvalue weighted by molar-refractivity contribution is 7.99. The van der Waals surface area contributed by atoms with Gasteiger partial charge in [0.15, 0.2) is 0 Å². The van der Waals surface area contributed by atoms with E-state index in [0.29, 0.717) is 0 Å². The molecule has 1 atom stereocenters. The number of carbonyl (C=O) groups is 1. The Morgan fingerprint density at radius 3 is 2.73 bits per heavy atom. The van der Waals surface area contributed by atoms with E-state index in [1.54, 1.807) is 23.5 Å². The molecule has 1 rings (SSSR count). The van der Waals surface area contributed by atoms with E-state index in [4.69, 9.17) is 0 Å². The maximum atomic E-state index is 11.6. The van der Waals surface area contributed by atoms with Crippen molar-refractivity contribution < 1.29 is 4.79 Å². The lowest BCUT2D eigenvalue weighted by atomic mass is 10.3. The van der Waals surface area contributed by atoms with Crippen molar-refractivity contribution in [2.24, 2.45) is 0 Å². The predicted octanol–water partition coefficient (Wildman–Crippen LogP) is 3.10. The molecule has 0 fully saturated rings. The average molecular weight is 241 g/mol. The molecule has 15 heavy (non-hydrogen) atoms. The van der Waals surface area contributed by atoms with E-state index in [1.807, 2.05) is 43.7 Å². The summed E-state index contributed by atoms with van der Waals surface area (Å²) in [5.74, 6) is 0.0563. The van der Waals surface area contributed by atoms with Crippen LogP contribution in [-0.2, 0) is 4.79 Å². The zero-order chi connectivity index (χ0) is 11.3. The Kier molecular flexibility index (Phi) is 5.05. The number of hydrogen-bond donors (Lipinski definition) is 1. The number of amides is 1. The summed E-state index contributed by atoms with van der Waals surface area (Å²) < 4.78 is 0. The monoisotopic (exact) mass is 241 g/mol. The van der Waals surface area contributed by atoms with Crippen molar-refractivity contribution in [1.29, 1.82) is 0 Å². The van der Waals surface area contributed by atoms with Gasteiger partial charge in [0.2, 0.25) is 5.91 Å². The van der Waals surface area contributed by atoms with Gasteiger partial charge in [0.05, 0.1) is 5.25 Å².